The van der Waals surface area contributed by atoms with Crippen molar-refractivity contribution in [3.63, 3.8) is 0 Å². The highest BCUT2D eigenvalue weighted by Crippen LogP contribution is 2.24. The van der Waals surface area contributed by atoms with Crippen LogP contribution in [0.25, 0.3) is 0 Å². The number of benzene rings is 1. The van der Waals surface area contributed by atoms with Crippen LogP contribution in [0.1, 0.15) is 31.2 Å². The molecular formula is C15H19ClN2O. The lowest BCUT2D eigenvalue weighted by atomic mass is 10.0. The van der Waals surface area contributed by atoms with Gasteiger partial charge < -0.3 is 10.2 Å². The first-order valence-corrected chi connectivity index (χ1v) is 7.40. The van der Waals surface area contributed by atoms with Crippen LogP contribution >= 0.6 is 11.6 Å². The third kappa shape index (κ3) is 3.10. The molecule has 1 aliphatic heterocycles. The van der Waals surface area contributed by atoms with Gasteiger partial charge in [0.15, 0.2) is 0 Å². The van der Waals surface area contributed by atoms with Crippen LogP contribution in [0.15, 0.2) is 24.3 Å². The molecule has 1 aliphatic carbocycles. The van der Waals surface area contributed by atoms with Crippen LogP contribution in [-0.2, 0) is 11.3 Å². The topological polar surface area (TPSA) is 32.3 Å². The van der Waals surface area contributed by atoms with E-state index in [1.165, 1.54) is 12.8 Å². The summed E-state index contributed by atoms with van der Waals surface area (Å²) in [5.41, 5.74) is 1.03. The smallest absolute Gasteiger partial charge is 0.240 e. The van der Waals surface area contributed by atoms with E-state index in [9.17, 15) is 4.79 Å². The highest BCUT2D eigenvalue weighted by Gasteiger charge is 2.33. The van der Waals surface area contributed by atoms with Gasteiger partial charge in [0.25, 0.3) is 0 Å². The number of carbonyl (C=O) groups excluding carboxylic acids is 1. The Morgan fingerprint density at radius 2 is 2.05 bits per heavy atom. The quantitative estimate of drug-likeness (QED) is 0.918. The number of hydrogen-bond acceptors (Lipinski definition) is 2. The zero-order valence-corrected chi connectivity index (χ0v) is 11.7. The van der Waals surface area contributed by atoms with Gasteiger partial charge in [0, 0.05) is 24.2 Å². The summed E-state index contributed by atoms with van der Waals surface area (Å²) in [6.45, 7) is 1.47. The van der Waals surface area contributed by atoms with Gasteiger partial charge in [0.05, 0.1) is 6.04 Å². The Bertz CT molecular complexity index is 473. The molecule has 1 atom stereocenters. The summed E-state index contributed by atoms with van der Waals surface area (Å²) in [6, 6.07) is 8.35. The number of hydrogen-bond donors (Lipinski definition) is 1. The molecular weight excluding hydrogens is 260 g/mol. The number of nitrogens with one attached hydrogen (secondary N) is 1. The van der Waals surface area contributed by atoms with Crippen LogP contribution in [0, 0.1) is 0 Å². The summed E-state index contributed by atoms with van der Waals surface area (Å²) in [6.07, 6.45) is 4.47. The van der Waals surface area contributed by atoms with E-state index in [0.29, 0.717) is 12.6 Å². The molecule has 1 amide bonds. The molecule has 1 aromatic rings. The van der Waals surface area contributed by atoms with Gasteiger partial charge in [-0.1, -0.05) is 29.8 Å². The van der Waals surface area contributed by atoms with Crippen LogP contribution in [0.4, 0.5) is 0 Å². The van der Waals surface area contributed by atoms with E-state index in [0.717, 1.165) is 30.0 Å². The number of carbonyl (C=O) groups is 1. The normalized spacial score (nSPS) is 23.7. The number of rotatable bonds is 4. The average Bonchev–Trinajstić information content (AvgIpc) is 3.21. The van der Waals surface area contributed by atoms with E-state index in [1.807, 2.05) is 29.2 Å². The van der Waals surface area contributed by atoms with Gasteiger partial charge in [0.1, 0.15) is 0 Å². The Balaban J connectivity index is 1.66. The summed E-state index contributed by atoms with van der Waals surface area (Å²) < 4.78 is 0. The summed E-state index contributed by atoms with van der Waals surface area (Å²) >= 11 is 6.17. The Kier molecular flexibility index (Phi) is 3.76. The molecule has 1 heterocycles. The van der Waals surface area contributed by atoms with Gasteiger partial charge in [-0.15, -0.1) is 0 Å². The molecule has 1 aromatic carbocycles. The van der Waals surface area contributed by atoms with E-state index < -0.39 is 0 Å². The lowest BCUT2D eigenvalue weighted by molar-refractivity contribution is -0.136. The third-order valence-electron chi connectivity index (χ3n) is 3.86. The van der Waals surface area contributed by atoms with Gasteiger partial charge >= 0.3 is 0 Å². The number of halogens is 1. The number of likely N-dealkylation sites (tertiary alicyclic amines) is 1. The molecule has 1 saturated heterocycles. The van der Waals surface area contributed by atoms with E-state index in [4.69, 9.17) is 11.6 Å². The molecule has 19 heavy (non-hydrogen) atoms. The monoisotopic (exact) mass is 278 g/mol. The molecule has 0 radical (unpaired) electrons. The Hall–Kier alpha value is -1.06. The van der Waals surface area contributed by atoms with Gasteiger partial charge in [-0.2, -0.15) is 0 Å². The highest BCUT2D eigenvalue weighted by atomic mass is 35.5. The fraction of sp³-hybridized carbons (Fsp3) is 0.533. The highest BCUT2D eigenvalue weighted by molar-refractivity contribution is 6.31. The van der Waals surface area contributed by atoms with Gasteiger partial charge in [-0.05, 0) is 37.3 Å². The molecule has 1 unspecified atom stereocenters. The number of piperidine rings is 1. The molecule has 0 bridgehead atoms. The maximum atomic E-state index is 12.4. The van der Waals surface area contributed by atoms with Gasteiger partial charge in [0.2, 0.25) is 5.91 Å². The van der Waals surface area contributed by atoms with Crippen LogP contribution in [-0.4, -0.2) is 29.4 Å². The first-order chi connectivity index (χ1) is 9.24. The molecule has 1 N–H and O–H groups in total. The second kappa shape index (κ2) is 5.51. The fourth-order valence-corrected chi connectivity index (χ4v) is 2.81. The van der Waals surface area contributed by atoms with Gasteiger partial charge in [-0.25, -0.2) is 0 Å². The lowest BCUT2D eigenvalue weighted by Gasteiger charge is -2.33. The maximum absolute atomic E-state index is 12.4. The van der Waals surface area contributed by atoms with Crippen molar-refractivity contribution < 1.29 is 4.79 Å². The van der Waals surface area contributed by atoms with E-state index in [-0.39, 0.29) is 11.9 Å². The summed E-state index contributed by atoms with van der Waals surface area (Å²) in [7, 11) is 0. The van der Waals surface area contributed by atoms with E-state index in [2.05, 4.69) is 5.32 Å². The fourth-order valence-electron chi connectivity index (χ4n) is 2.62. The van der Waals surface area contributed by atoms with E-state index >= 15 is 0 Å². The minimum absolute atomic E-state index is 0.0173. The molecule has 2 aliphatic rings. The van der Waals surface area contributed by atoms with Crippen molar-refractivity contribution in [1.29, 1.82) is 0 Å². The molecule has 102 valence electrons. The predicted molar refractivity (Wildman–Crippen MR) is 76.0 cm³/mol. The van der Waals surface area contributed by atoms with Crippen LogP contribution < -0.4 is 5.32 Å². The van der Waals surface area contributed by atoms with Crippen LogP contribution in [0.5, 0.6) is 0 Å². The van der Waals surface area contributed by atoms with Gasteiger partial charge in [-0.3, -0.25) is 4.79 Å². The first-order valence-electron chi connectivity index (χ1n) is 7.02. The molecule has 4 heteroatoms. The summed E-state index contributed by atoms with van der Waals surface area (Å²) in [4.78, 5) is 14.4. The Labute approximate surface area is 118 Å². The van der Waals surface area contributed by atoms with Crippen molar-refractivity contribution in [2.45, 2.75) is 44.3 Å². The molecule has 3 rings (SSSR count). The number of nitrogens with zero attached hydrogens (tertiary/aromatic N) is 1. The SMILES string of the molecule is O=C1C(NC2CC2)CCCN1Cc1ccccc1Cl. The van der Waals surface area contributed by atoms with E-state index in [1.54, 1.807) is 0 Å². The minimum Gasteiger partial charge on any atom is -0.337 e. The summed E-state index contributed by atoms with van der Waals surface area (Å²) in [5, 5.41) is 4.19. The molecule has 3 nitrogen and oxygen atoms in total. The van der Waals surface area contributed by atoms with Crippen molar-refractivity contribution >= 4 is 17.5 Å². The maximum Gasteiger partial charge on any atom is 0.240 e. The van der Waals surface area contributed by atoms with Crippen molar-refractivity contribution in [3.05, 3.63) is 34.9 Å². The predicted octanol–water partition coefficient (Wildman–Crippen LogP) is 2.58. The number of amides is 1. The summed E-state index contributed by atoms with van der Waals surface area (Å²) in [5.74, 6) is 0.234. The minimum atomic E-state index is 0.0173. The molecule has 0 spiro atoms. The largest absolute Gasteiger partial charge is 0.337 e. The van der Waals surface area contributed by atoms with Crippen molar-refractivity contribution in [2.24, 2.45) is 0 Å². The van der Waals surface area contributed by atoms with Crippen LogP contribution in [0.3, 0.4) is 0 Å². The molecule has 0 aromatic heterocycles. The molecule has 2 fully saturated rings. The second-order valence-electron chi connectivity index (χ2n) is 5.49. The van der Waals surface area contributed by atoms with Crippen molar-refractivity contribution in [3.8, 4) is 0 Å². The zero-order chi connectivity index (χ0) is 13.2. The second-order valence-corrected chi connectivity index (χ2v) is 5.89. The van der Waals surface area contributed by atoms with Crippen molar-refractivity contribution in [1.82, 2.24) is 10.2 Å². The van der Waals surface area contributed by atoms with Crippen molar-refractivity contribution in [2.75, 3.05) is 6.54 Å². The van der Waals surface area contributed by atoms with Crippen LogP contribution in [0.2, 0.25) is 5.02 Å². The Morgan fingerprint density at radius 1 is 1.26 bits per heavy atom. The molecule has 1 saturated carbocycles. The Morgan fingerprint density at radius 3 is 2.79 bits per heavy atom. The first kappa shape index (κ1) is 12.9. The lowest BCUT2D eigenvalue weighted by Crippen LogP contribution is -2.50. The third-order valence-corrected chi connectivity index (χ3v) is 4.23. The zero-order valence-electron chi connectivity index (χ0n) is 10.9. The standard InChI is InChI=1S/C15H19ClN2O/c16-13-5-2-1-4-11(13)10-18-9-3-6-14(15(18)19)17-12-7-8-12/h1-2,4-5,12,14,17H,3,6-10H2. The average molecular weight is 279 g/mol.